The first-order valence-corrected chi connectivity index (χ1v) is 13.6. The van der Waals surface area contributed by atoms with Gasteiger partial charge in [-0.1, -0.05) is 54.6 Å². The summed E-state index contributed by atoms with van der Waals surface area (Å²) in [6.45, 7) is 3.62. The largest absolute Gasteiger partial charge is 0.494 e. The van der Waals surface area contributed by atoms with Crippen LogP contribution in [0.5, 0.6) is 5.75 Å². The lowest BCUT2D eigenvalue weighted by Crippen LogP contribution is -2.27. The van der Waals surface area contributed by atoms with Crippen molar-refractivity contribution >= 4 is 50.9 Å². The zero-order chi connectivity index (χ0) is 26.3. The third-order valence-electron chi connectivity index (χ3n) is 6.24. The molecule has 0 saturated heterocycles. The molecule has 0 aliphatic heterocycles. The summed E-state index contributed by atoms with van der Waals surface area (Å²) in [6, 6.07) is 29.2. The number of hydrogen-bond acceptors (Lipinski definition) is 4. The lowest BCUT2D eigenvalue weighted by Gasteiger charge is -2.09. The number of fused-ring (bicyclic) bond motifs is 2. The van der Waals surface area contributed by atoms with E-state index in [1.807, 2.05) is 61.5 Å². The molecule has 0 atom stereocenters. The zero-order valence-corrected chi connectivity index (χ0v) is 22.0. The monoisotopic (exact) mass is 523 g/mol. The molecule has 5 rings (SSSR count). The summed E-state index contributed by atoms with van der Waals surface area (Å²) < 4.78 is 7.57. The molecule has 0 aliphatic carbocycles. The molecule has 2 N–H and O–H groups in total. The highest BCUT2D eigenvalue weighted by Gasteiger charge is 2.12. The number of nitrogens with one attached hydrogen (secondary N) is 2. The number of hydrogen-bond donors (Lipinski definition) is 2. The van der Waals surface area contributed by atoms with Crippen LogP contribution in [0.3, 0.4) is 0 Å². The van der Waals surface area contributed by atoms with Gasteiger partial charge >= 0.3 is 0 Å². The minimum atomic E-state index is -0.121. The van der Waals surface area contributed by atoms with Gasteiger partial charge in [0.1, 0.15) is 5.75 Å². The summed E-state index contributed by atoms with van der Waals surface area (Å²) in [5.74, 6) is 0.875. The van der Waals surface area contributed by atoms with Crippen LogP contribution in [0, 0.1) is 0 Å². The van der Waals surface area contributed by atoms with Gasteiger partial charge in [-0.3, -0.25) is 9.59 Å². The number of rotatable bonds is 10. The zero-order valence-electron chi connectivity index (χ0n) is 21.1. The van der Waals surface area contributed by atoms with Gasteiger partial charge < -0.3 is 19.9 Å². The van der Waals surface area contributed by atoms with Crippen molar-refractivity contribution in [3.63, 3.8) is 0 Å². The summed E-state index contributed by atoms with van der Waals surface area (Å²) in [6.07, 6.45) is 2.06. The van der Waals surface area contributed by atoms with E-state index in [2.05, 4.69) is 33.5 Å². The van der Waals surface area contributed by atoms with Crippen molar-refractivity contribution < 1.29 is 14.3 Å². The lowest BCUT2D eigenvalue weighted by atomic mass is 10.1. The van der Waals surface area contributed by atoms with Crippen LogP contribution >= 0.6 is 11.8 Å². The van der Waals surface area contributed by atoms with Gasteiger partial charge in [-0.2, -0.15) is 0 Å². The van der Waals surface area contributed by atoms with Crippen molar-refractivity contribution in [2.24, 2.45) is 0 Å². The minimum absolute atomic E-state index is 0.0502. The smallest absolute Gasteiger partial charge is 0.251 e. The number of thioether (sulfide) groups is 1. The normalized spacial score (nSPS) is 11.0. The summed E-state index contributed by atoms with van der Waals surface area (Å²) in [7, 11) is 0. The number of carbonyl (C=O) groups excluding carboxylic acids is 2. The second-order valence-electron chi connectivity index (χ2n) is 8.78. The third-order valence-corrected chi connectivity index (χ3v) is 7.28. The van der Waals surface area contributed by atoms with Gasteiger partial charge in [0.25, 0.3) is 5.91 Å². The molecule has 0 bridgehead atoms. The summed E-state index contributed by atoms with van der Waals surface area (Å²) in [4.78, 5) is 26.4. The van der Waals surface area contributed by atoms with Crippen LogP contribution in [0.15, 0.2) is 102 Å². The Balaban J connectivity index is 1.21. The molecule has 7 heteroatoms. The van der Waals surface area contributed by atoms with Gasteiger partial charge in [-0.15, -0.1) is 11.8 Å². The van der Waals surface area contributed by atoms with Crippen LogP contribution in [0.1, 0.15) is 17.3 Å². The summed E-state index contributed by atoms with van der Waals surface area (Å²) in [5, 5.41) is 9.26. The first-order chi connectivity index (χ1) is 18.6. The van der Waals surface area contributed by atoms with Crippen molar-refractivity contribution in [2.45, 2.75) is 18.4 Å². The second-order valence-corrected chi connectivity index (χ2v) is 9.80. The molecular weight excluding hydrogens is 494 g/mol. The number of nitrogens with zero attached hydrogens (tertiary/aromatic N) is 1. The molecule has 0 fully saturated rings. The van der Waals surface area contributed by atoms with Gasteiger partial charge in [0.15, 0.2) is 0 Å². The SMILES string of the molecule is CCOc1ccc(C(=O)NCCn2cc(SCC(=O)Nc3cccc4ccccc34)c3ccccc32)cc1. The van der Waals surface area contributed by atoms with E-state index in [0.717, 1.165) is 38.0 Å². The van der Waals surface area contributed by atoms with Crippen molar-refractivity contribution in [3.05, 3.63) is 103 Å². The highest BCUT2D eigenvalue weighted by Crippen LogP contribution is 2.30. The van der Waals surface area contributed by atoms with Crippen LogP contribution in [0.25, 0.3) is 21.7 Å². The predicted molar refractivity (Wildman–Crippen MR) is 155 cm³/mol. The maximum absolute atomic E-state index is 12.8. The van der Waals surface area contributed by atoms with Gasteiger partial charge in [-0.25, -0.2) is 0 Å². The minimum Gasteiger partial charge on any atom is -0.494 e. The van der Waals surface area contributed by atoms with Crippen LogP contribution < -0.4 is 15.4 Å². The molecule has 38 heavy (non-hydrogen) atoms. The van der Waals surface area contributed by atoms with E-state index in [9.17, 15) is 9.59 Å². The maximum Gasteiger partial charge on any atom is 0.251 e. The highest BCUT2D eigenvalue weighted by atomic mass is 32.2. The van der Waals surface area contributed by atoms with E-state index in [4.69, 9.17) is 4.74 Å². The van der Waals surface area contributed by atoms with Crippen molar-refractivity contribution in [1.29, 1.82) is 0 Å². The Bertz CT molecular complexity index is 1570. The summed E-state index contributed by atoms with van der Waals surface area (Å²) >= 11 is 1.51. The van der Waals surface area contributed by atoms with E-state index < -0.39 is 0 Å². The van der Waals surface area contributed by atoms with Gasteiger partial charge in [0, 0.05) is 51.7 Å². The number of aromatic nitrogens is 1. The van der Waals surface area contributed by atoms with E-state index in [0.29, 0.717) is 31.0 Å². The molecule has 0 radical (unpaired) electrons. The molecule has 0 aliphatic rings. The molecule has 192 valence electrons. The molecular formula is C31H29N3O3S. The number of benzene rings is 4. The number of anilines is 1. The highest BCUT2D eigenvalue weighted by molar-refractivity contribution is 8.00. The van der Waals surface area contributed by atoms with Crippen molar-refractivity contribution in [3.8, 4) is 5.75 Å². The molecule has 1 heterocycles. The van der Waals surface area contributed by atoms with Gasteiger partial charge in [0.05, 0.1) is 12.4 Å². The van der Waals surface area contributed by atoms with E-state index >= 15 is 0 Å². The average Bonchev–Trinajstić information content (AvgIpc) is 3.30. The first-order valence-electron chi connectivity index (χ1n) is 12.6. The molecule has 6 nitrogen and oxygen atoms in total. The Kier molecular flexibility index (Phi) is 7.95. The maximum atomic E-state index is 12.8. The van der Waals surface area contributed by atoms with Gasteiger partial charge in [-0.05, 0) is 48.7 Å². The Morgan fingerprint density at radius 2 is 1.61 bits per heavy atom. The van der Waals surface area contributed by atoms with Crippen LogP contribution in [-0.4, -0.2) is 35.3 Å². The molecule has 5 aromatic rings. The van der Waals surface area contributed by atoms with E-state index in [-0.39, 0.29) is 11.8 Å². The number of para-hydroxylation sites is 1. The number of carbonyl (C=O) groups is 2. The molecule has 0 unspecified atom stereocenters. The molecule has 0 saturated carbocycles. The number of amides is 2. The van der Waals surface area contributed by atoms with Crippen LogP contribution in [-0.2, 0) is 11.3 Å². The second kappa shape index (κ2) is 11.9. The fourth-order valence-electron chi connectivity index (χ4n) is 4.44. The van der Waals surface area contributed by atoms with Crippen molar-refractivity contribution in [2.75, 3.05) is 24.2 Å². The topological polar surface area (TPSA) is 72.4 Å². The van der Waals surface area contributed by atoms with E-state index in [1.165, 1.54) is 11.8 Å². The van der Waals surface area contributed by atoms with Crippen LogP contribution in [0.2, 0.25) is 0 Å². The Morgan fingerprint density at radius 3 is 2.42 bits per heavy atom. The van der Waals surface area contributed by atoms with Gasteiger partial charge in [0.2, 0.25) is 5.91 Å². The molecule has 1 aromatic heterocycles. The summed E-state index contributed by atoms with van der Waals surface area (Å²) in [5.41, 5.74) is 2.48. The Labute approximate surface area is 226 Å². The molecule has 2 amide bonds. The number of ether oxygens (including phenoxy) is 1. The lowest BCUT2D eigenvalue weighted by molar-refractivity contribution is -0.113. The van der Waals surface area contributed by atoms with Crippen LogP contribution in [0.4, 0.5) is 5.69 Å². The quantitative estimate of drug-likeness (QED) is 0.209. The first kappa shape index (κ1) is 25.4. The predicted octanol–water partition coefficient (Wildman–Crippen LogP) is 6.35. The average molecular weight is 524 g/mol. The fraction of sp³-hybridized carbons (Fsp3) is 0.161. The third kappa shape index (κ3) is 5.84. The Hall–Kier alpha value is -4.23. The Morgan fingerprint density at radius 1 is 0.868 bits per heavy atom. The fourth-order valence-corrected chi connectivity index (χ4v) is 5.33. The van der Waals surface area contributed by atoms with Crippen molar-refractivity contribution in [1.82, 2.24) is 9.88 Å². The standard InChI is InChI=1S/C31H29N3O3S/c1-2-37-24-16-14-23(15-17-24)31(36)32-18-19-34-20-29(26-11-5-6-13-28(26)34)38-21-30(35)33-27-12-7-9-22-8-3-4-10-25(22)27/h3-17,20H,2,18-19,21H2,1H3,(H,32,36)(H,33,35). The molecule has 0 spiro atoms. The molecule has 4 aromatic carbocycles. The van der Waals surface area contributed by atoms with E-state index in [1.54, 1.807) is 24.3 Å².